The number of carbonyl (C=O) groups is 1. The molecule has 2 aromatic rings. The summed E-state index contributed by atoms with van der Waals surface area (Å²) in [5.41, 5.74) is 1.05. The van der Waals surface area contributed by atoms with Gasteiger partial charge >= 0.3 is 5.97 Å². The van der Waals surface area contributed by atoms with Gasteiger partial charge in [0.1, 0.15) is 4.88 Å². The van der Waals surface area contributed by atoms with E-state index < -0.39 is 5.97 Å². The molecule has 0 bridgehead atoms. The molecule has 0 spiro atoms. The number of thiophene rings is 2. The molecule has 4 heteroatoms. The number of carboxylic acid groups (broad SMARTS) is 1. The lowest BCUT2D eigenvalue weighted by Gasteiger charge is -2.15. The van der Waals surface area contributed by atoms with Crippen LogP contribution in [0.3, 0.4) is 0 Å². The third-order valence-electron chi connectivity index (χ3n) is 2.52. The van der Waals surface area contributed by atoms with Crippen molar-refractivity contribution in [3.63, 3.8) is 0 Å². The van der Waals surface area contributed by atoms with Crippen LogP contribution >= 0.6 is 22.7 Å². The monoisotopic (exact) mass is 254 g/mol. The second-order valence-corrected chi connectivity index (χ2v) is 7.02. The number of carboxylic acids is 1. The maximum atomic E-state index is 11.0. The number of aryl methyl sites for hydroxylation is 1. The van der Waals surface area contributed by atoms with Crippen molar-refractivity contribution in [3.8, 4) is 0 Å². The third-order valence-corrected chi connectivity index (χ3v) is 5.56. The van der Waals surface area contributed by atoms with Crippen LogP contribution in [0.2, 0.25) is 0 Å². The summed E-state index contributed by atoms with van der Waals surface area (Å²) in [6.07, 6.45) is 0. The van der Waals surface area contributed by atoms with Crippen molar-refractivity contribution < 1.29 is 9.90 Å². The molecule has 0 unspecified atom stereocenters. The lowest BCUT2D eigenvalue weighted by Crippen LogP contribution is -2.07. The highest BCUT2D eigenvalue weighted by molar-refractivity contribution is 7.29. The zero-order valence-electron chi connectivity index (χ0n) is 9.75. The van der Waals surface area contributed by atoms with Crippen LogP contribution in [0.5, 0.6) is 0 Å². The number of hydrogen-bond acceptors (Lipinski definition) is 3. The fourth-order valence-electron chi connectivity index (χ4n) is 1.57. The van der Waals surface area contributed by atoms with E-state index >= 15 is 0 Å². The van der Waals surface area contributed by atoms with Gasteiger partial charge in [-0.05, 0) is 24.0 Å². The summed E-state index contributed by atoms with van der Waals surface area (Å²) in [7, 11) is 0. The van der Waals surface area contributed by atoms with Crippen molar-refractivity contribution >= 4 is 38.0 Å². The van der Waals surface area contributed by atoms with Crippen molar-refractivity contribution in [1.29, 1.82) is 0 Å². The summed E-state index contributed by atoms with van der Waals surface area (Å²) < 4.78 is 2.23. The molecular formula is C12H14O2S2. The summed E-state index contributed by atoms with van der Waals surface area (Å²) in [6, 6.07) is 2.13. The van der Waals surface area contributed by atoms with Crippen LogP contribution in [-0.4, -0.2) is 11.1 Å². The number of aromatic carboxylic acids is 1. The van der Waals surface area contributed by atoms with E-state index in [4.69, 9.17) is 5.11 Å². The van der Waals surface area contributed by atoms with Gasteiger partial charge in [0.15, 0.2) is 0 Å². The van der Waals surface area contributed by atoms with Crippen molar-refractivity contribution in [3.05, 3.63) is 21.4 Å². The largest absolute Gasteiger partial charge is 0.477 e. The average Bonchev–Trinajstić information content (AvgIpc) is 2.64. The number of fused-ring (bicyclic) bond motifs is 1. The molecule has 1 N–H and O–H groups in total. The molecule has 0 aliphatic carbocycles. The van der Waals surface area contributed by atoms with Gasteiger partial charge in [-0.1, -0.05) is 20.8 Å². The van der Waals surface area contributed by atoms with Crippen molar-refractivity contribution in [1.82, 2.24) is 0 Å². The molecule has 16 heavy (non-hydrogen) atoms. The minimum atomic E-state index is -0.816. The van der Waals surface area contributed by atoms with Gasteiger partial charge in [-0.2, -0.15) is 0 Å². The molecule has 0 saturated heterocycles. The Labute approximate surface area is 103 Å². The summed E-state index contributed by atoms with van der Waals surface area (Å²) in [6.45, 7) is 8.42. The van der Waals surface area contributed by atoms with E-state index in [1.165, 1.54) is 16.2 Å². The quantitative estimate of drug-likeness (QED) is 0.825. The van der Waals surface area contributed by atoms with E-state index in [-0.39, 0.29) is 5.41 Å². The summed E-state index contributed by atoms with van der Waals surface area (Å²) >= 11 is 3.10. The first-order valence-electron chi connectivity index (χ1n) is 5.07. The normalized spacial score (nSPS) is 12.2. The first kappa shape index (κ1) is 11.6. The highest BCUT2D eigenvalue weighted by Gasteiger charge is 2.21. The van der Waals surface area contributed by atoms with E-state index in [1.807, 2.05) is 6.92 Å². The van der Waals surface area contributed by atoms with Gasteiger partial charge in [0, 0.05) is 14.3 Å². The smallest absolute Gasteiger partial charge is 0.346 e. The van der Waals surface area contributed by atoms with Crippen LogP contribution in [0, 0.1) is 6.92 Å². The maximum absolute atomic E-state index is 11.0. The van der Waals surface area contributed by atoms with Crippen LogP contribution in [0.25, 0.3) is 9.40 Å². The lowest BCUT2D eigenvalue weighted by molar-refractivity contribution is 0.0701. The number of hydrogen-bond donors (Lipinski definition) is 1. The van der Waals surface area contributed by atoms with Crippen LogP contribution in [-0.2, 0) is 5.41 Å². The fraction of sp³-hybridized carbons (Fsp3) is 0.417. The zero-order valence-corrected chi connectivity index (χ0v) is 11.4. The van der Waals surface area contributed by atoms with Gasteiger partial charge in [-0.25, -0.2) is 4.79 Å². The predicted molar refractivity (Wildman–Crippen MR) is 70.1 cm³/mol. The van der Waals surface area contributed by atoms with E-state index in [1.54, 1.807) is 11.3 Å². The molecule has 0 fully saturated rings. The average molecular weight is 254 g/mol. The molecule has 2 heterocycles. The Morgan fingerprint density at radius 3 is 2.38 bits per heavy atom. The van der Waals surface area contributed by atoms with Crippen molar-refractivity contribution in [2.24, 2.45) is 0 Å². The Morgan fingerprint density at radius 2 is 1.94 bits per heavy atom. The molecule has 0 radical (unpaired) electrons. The summed E-state index contributed by atoms with van der Waals surface area (Å²) in [5, 5.41) is 9.03. The fourth-order valence-corrected chi connectivity index (χ4v) is 4.07. The highest BCUT2D eigenvalue weighted by Crippen LogP contribution is 2.41. The third kappa shape index (κ3) is 1.76. The molecule has 0 aliphatic rings. The second-order valence-electron chi connectivity index (χ2n) is 4.92. The standard InChI is InChI=1S/C12H14O2S2/c1-6-9-7(15-10(6)11(13)14)5-8(16-9)12(2,3)4/h5H,1-4H3,(H,13,14). The van der Waals surface area contributed by atoms with E-state index in [2.05, 4.69) is 26.8 Å². The van der Waals surface area contributed by atoms with Crippen LogP contribution in [0.1, 0.15) is 40.9 Å². The van der Waals surface area contributed by atoms with Crippen LogP contribution in [0.4, 0.5) is 0 Å². The minimum absolute atomic E-state index is 0.138. The number of rotatable bonds is 1. The SMILES string of the molecule is Cc1c(C(=O)O)sc2cc(C(C)(C)C)sc12. The summed E-state index contributed by atoms with van der Waals surface area (Å²) in [4.78, 5) is 12.8. The minimum Gasteiger partial charge on any atom is -0.477 e. The van der Waals surface area contributed by atoms with Gasteiger partial charge in [0.2, 0.25) is 0 Å². The lowest BCUT2D eigenvalue weighted by atomic mass is 9.95. The molecule has 2 aromatic heterocycles. The molecule has 86 valence electrons. The predicted octanol–water partition coefficient (Wildman–Crippen LogP) is 4.27. The Bertz CT molecular complexity index is 555. The van der Waals surface area contributed by atoms with Gasteiger partial charge < -0.3 is 5.11 Å². The van der Waals surface area contributed by atoms with Gasteiger partial charge in [-0.3, -0.25) is 0 Å². The summed E-state index contributed by atoms with van der Waals surface area (Å²) in [5.74, 6) is -0.816. The molecule has 0 saturated carbocycles. The molecule has 2 rings (SSSR count). The van der Waals surface area contributed by atoms with Gasteiger partial charge in [0.05, 0.1) is 0 Å². The Hall–Kier alpha value is -0.870. The first-order valence-corrected chi connectivity index (χ1v) is 6.70. The first-order chi connectivity index (χ1) is 7.30. The zero-order chi connectivity index (χ0) is 12.1. The Kier molecular flexibility index (Phi) is 2.59. The molecule has 0 aromatic carbocycles. The molecule has 0 aliphatic heterocycles. The maximum Gasteiger partial charge on any atom is 0.346 e. The van der Waals surface area contributed by atoms with E-state index in [0.29, 0.717) is 4.88 Å². The van der Waals surface area contributed by atoms with Gasteiger partial charge in [-0.15, -0.1) is 22.7 Å². The van der Waals surface area contributed by atoms with Gasteiger partial charge in [0.25, 0.3) is 0 Å². The molecular weight excluding hydrogens is 240 g/mol. The Morgan fingerprint density at radius 1 is 1.31 bits per heavy atom. The second kappa shape index (κ2) is 3.57. The van der Waals surface area contributed by atoms with Crippen molar-refractivity contribution in [2.75, 3.05) is 0 Å². The topological polar surface area (TPSA) is 37.3 Å². The van der Waals surface area contributed by atoms with Crippen molar-refractivity contribution in [2.45, 2.75) is 33.1 Å². The molecule has 0 amide bonds. The van der Waals surface area contributed by atoms with Crippen LogP contribution < -0.4 is 0 Å². The molecule has 2 nitrogen and oxygen atoms in total. The highest BCUT2D eigenvalue weighted by atomic mass is 32.1. The molecule has 0 atom stereocenters. The van der Waals surface area contributed by atoms with E-state index in [9.17, 15) is 4.79 Å². The van der Waals surface area contributed by atoms with E-state index in [0.717, 1.165) is 15.0 Å². The Balaban J connectivity index is 2.63. The van der Waals surface area contributed by atoms with Crippen LogP contribution in [0.15, 0.2) is 6.07 Å².